The minimum absolute atomic E-state index is 0.247. The first kappa shape index (κ1) is 12.0. The van der Waals surface area contributed by atoms with Crippen LogP contribution in [0.2, 0.25) is 0 Å². The first-order valence-electron chi connectivity index (χ1n) is 5.57. The molecule has 2 rings (SSSR count). The van der Waals surface area contributed by atoms with Crippen LogP contribution in [0, 0.1) is 6.92 Å². The summed E-state index contributed by atoms with van der Waals surface area (Å²) in [6.45, 7) is 2.53. The number of nitrogens with zero attached hydrogens (tertiary/aromatic N) is 2. The van der Waals surface area contributed by atoms with Crippen LogP contribution in [-0.4, -0.2) is 15.9 Å². The molecule has 0 aliphatic rings. The maximum absolute atomic E-state index is 11.0. The topological polar surface area (TPSA) is 80.9 Å². The molecule has 2 heterocycles. The summed E-state index contributed by atoms with van der Waals surface area (Å²) in [6, 6.07) is 9.25. The molecule has 2 aromatic rings. The van der Waals surface area contributed by atoms with Crippen molar-refractivity contribution in [2.45, 2.75) is 13.5 Å². The van der Waals surface area contributed by atoms with Crippen molar-refractivity contribution >= 4 is 11.6 Å². The lowest BCUT2D eigenvalue weighted by Crippen LogP contribution is -2.13. The molecule has 3 N–H and O–H groups in total. The average Bonchev–Trinajstić information content (AvgIpc) is 2.37. The molecule has 0 aromatic carbocycles. The lowest BCUT2D eigenvalue weighted by Gasteiger charge is -2.07. The Morgan fingerprint density at radius 3 is 2.94 bits per heavy atom. The molecular weight excluding hydrogens is 228 g/mol. The van der Waals surface area contributed by atoms with Crippen LogP contribution in [0.3, 0.4) is 0 Å². The normalized spacial score (nSPS) is 10.1. The first-order chi connectivity index (χ1) is 8.65. The lowest BCUT2D eigenvalue weighted by atomic mass is 10.3. The second-order valence-corrected chi connectivity index (χ2v) is 3.92. The van der Waals surface area contributed by atoms with Crippen LogP contribution in [0.1, 0.15) is 21.9 Å². The van der Waals surface area contributed by atoms with Gasteiger partial charge < -0.3 is 11.1 Å². The number of hydrogen-bond donors (Lipinski definition) is 2. The molecule has 0 aliphatic carbocycles. The van der Waals surface area contributed by atoms with Crippen molar-refractivity contribution in [3.8, 4) is 0 Å². The number of carbonyl (C=O) groups excluding carboxylic acids is 1. The van der Waals surface area contributed by atoms with Crippen molar-refractivity contribution in [3.63, 3.8) is 0 Å². The standard InChI is InChI=1S/C13H14N4O/c1-9-3-2-4-11(17-9)8-16-10-5-6-15-12(7-10)13(14)18/h2-7H,8H2,1H3,(H2,14,18)(H,15,16). The van der Waals surface area contributed by atoms with E-state index in [1.165, 1.54) is 0 Å². The Labute approximate surface area is 105 Å². The van der Waals surface area contributed by atoms with E-state index in [-0.39, 0.29) is 5.69 Å². The van der Waals surface area contributed by atoms with Crippen molar-refractivity contribution in [1.29, 1.82) is 0 Å². The SMILES string of the molecule is Cc1cccc(CNc2ccnc(C(N)=O)c2)n1. The molecule has 0 bridgehead atoms. The zero-order chi connectivity index (χ0) is 13.0. The third kappa shape index (κ3) is 3.04. The quantitative estimate of drug-likeness (QED) is 0.851. The monoisotopic (exact) mass is 242 g/mol. The van der Waals surface area contributed by atoms with Gasteiger partial charge in [-0.1, -0.05) is 6.07 Å². The van der Waals surface area contributed by atoms with Gasteiger partial charge in [-0.15, -0.1) is 0 Å². The Morgan fingerprint density at radius 2 is 2.22 bits per heavy atom. The highest BCUT2D eigenvalue weighted by molar-refractivity contribution is 5.91. The number of rotatable bonds is 4. The fraction of sp³-hybridized carbons (Fsp3) is 0.154. The minimum Gasteiger partial charge on any atom is -0.379 e. The number of carbonyl (C=O) groups is 1. The molecule has 0 atom stereocenters. The van der Waals surface area contributed by atoms with Gasteiger partial charge in [-0.3, -0.25) is 14.8 Å². The molecule has 92 valence electrons. The number of nitrogens with one attached hydrogen (secondary N) is 1. The van der Waals surface area contributed by atoms with E-state index >= 15 is 0 Å². The molecule has 0 saturated carbocycles. The van der Waals surface area contributed by atoms with E-state index in [0.717, 1.165) is 17.1 Å². The Hall–Kier alpha value is -2.43. The maximum atomic E-state index is 11.0. The van der Waals surface area contributed by atoms with Crippen molar-refractivity contribution in [3.05, 3.63) is 53.6 Å². The molecule has 1 amide bonds. The van der Waals surface area contributed by atoms with Gasteiger partial charge in [-0.25, -0.2) is 0 Å². The van der Waals surface area contributed by atoms with Gasteiger partial charge in [0.05, 0.1) is 12.2 Å². The fourth-order valence-electron chi connectivity index (χ4n) is 1.57. The number of aryl methyl sites for hydroxylation is 1. The van der Waals surface area contributed by atoms with Crippen LogP contribution >= 0.6 is 0 Å². The molecule has 5 nitrogen and oxygen atoms in total. The predicted molar refractivity (Wildman–Crippen MR) is 69.1 cm³/mol. The number of pyridine rings is 2. The Kier molecular flexibility index (Phi) is 3.52. The van der Waals surface area contributed by atoms with Gasteiger partial charge in [0.1, 0.15) is 5.69 Å². The molecule has 0 saturated heterocycles. The largest absolute Gasteiger partial charge is 0.379 e. The number of aromatic nitrogens is 2. The van der Waals surface area contributed by atoms with E-state index in [1.54, 1.807) is 18.3 Å². The zero-order valence-corrected chi connectivity index (χ0v) is 10.1. The zero-order valence-electron chi connectivity index (χ0n) is 10.1. The van der Waals surface area contributed by atoms with Crippen molar-refractivity contribution in [2.24, 2.45) is 5.73 Å². The van der Waals surface area contributed by atoms with Gasteiger partial charge in [0.25, 0.3) is 5.91 Å². The van der Waals surface area contributed by atoms with Gasteiger partial charge in [-0.05, 0) is 31.2 Å². The molecule has 0 radical (unpaired) electrons. The van der Waals surface area contributed by atoms with Crippen LogP contribution in [0.15, 0.2) is 36.5 Å². The van der Waals surface area contributed by atoms with Gasteiger partial charge in [0.2, 0.25) is 0 Å². The summed E-state index contributed by atoms with van der Waals surface area (Å²) in [4.78, 5) is 19.2. The highest BCUT2D eigenvalue weighted by atomic mass is 16.1. The molecule has 0 aliphatic heterocycles. The van der Waals surface area contributed by atoms with E-state index in [4.69, 9.17) is 5.73 Å². The summed E-state index contributed by atoms with van der Waals surface area (Å²) in [6.07, 6.45) is 1.55. The van der Waals surface area contributed by atoms with Crippen molar-refractivity contribution in [1.82, 2.24) is 9.97 Å². The molecule has 0 unspecified atom stereocenters. The smallest absolute Gasteiger partial charge is 0.267 e. The number of primary amides is 1. The molecule has 0 spiro atoms. The Balaban J connectivity index is 2.06. The summed E-state index contributed by atoms with van der Waals surface area (Å²) in [7, 11) is 0. The molecular formula is C13H14N4O. The van der Waals surface area contributed by atoms with E-state index in [1.807, 2.05) is 25.1 Å². The van der Waals surface area contributed by atoms with Gasteiger partial charge >= 0.3 is 0 Å². The minimum atomic E-state index is -0.535. The van der Waals surface area contributed by atoms with Crippen LogP contribution in [0.5, 0.6) is 0 Å². The molecule has 5 heteroatoms. The van der Waals surface area contributed by atoms with Gasteiger partial charge in [0.15, 0.2) is 0 Å². The van der Waals surface area contributed by atoms with Crippen LogP contribution in [-0.2, 0) is 6.54 Å². The summed E-state index contributed by atoms with van der Waals surface area (Å²) in [5, 5.41) is 3.17. The number of hydrogen-bond acceptors (Lipinski definition) is 4. The third-order valence-corrected chi connectivity index (χ3v) is 2.43. The average molecular weight is 242 g/mol. The van der Waals surface area contributed by atoms with Crippen LogP contribution in [0.4, 0.5) is 5.69 Å². The van der Waals surface area contributed by atoms with E-state index in [0.29, 0.717) is 6.54 Å². The van der Waals surface area contributed by atoms with E-state index < -0.39 is 5.91 Å². The maximum Gasteiger partial charge on any atom is 0.267 e. The van der Waals surface area contributed by atoms with Crippen LogP contribution < -0.4 is 11.1 Å². The molecule has 0 fully saturated rings. The van der Waals surface area contributed by atoms with Crippen molar-refractivity contribution < 1.29 is 4.79 Å². The Morgan fingerprint density at radius 1 is 1.39 bits per heavy atom. The highest BCUT2D eigenvalue weighted by Crippen LogP contribution is 2.09. The fourth-order valence-corrected chi connectivity index (χ4v) is 1.57. The molecule has 18 heavy (non-hydrogen) atoms. The lowest BCUT2D eigenvalue weighted by molar-refractivity contribution is 0.0995. The number of anilines is 1. The van der Waals surface area contributed by atoms with Gasteiger partial charge in [-0.2, -0.15) is 0 Å². The van der Waals surface area contributed by atoms with E-state index in [2.05, 4.69) is 15.3 Å². The first-order valence-corrected chi connectivity index (χ1v) is 5.57. The second-order valence-electron chi connectivity index (χ2n) is 3.92. The predicted octanol–water partition coefficient (Wildman–Crippen LogP) is 1.50. The van der Waals surface area contributed by atoms with Crippen molar-refractivity contribution in [2.75, 3.05) is 5.32 Å². The Bertz CT molecular complexity index is 568. The summed E-state index contributed by atoms with van der Waals surface area (Å²) >= 11 is 0. The number of nitrogens with two attached hydrogens (primary N) is 1. The second kappa shape index (κ2) is 5.27. The number of amides is 1. The highest BCUT2D eigenvalue weighted by Gasteiger charge is 2.03. The summed E-state index contributed by atoms with van der Waals surface area (Å²) < 4.78 is 0. The molecule has 2 aromatic heterocycles. The van der Waals surface area contributed by atoms with Gasteiger partial charge in [0, 0.05) is 17.6 Å². The summed E-state index contributed by atoms with van der Waals surface area (Å²) in [5.41, 5.74) is 8.12. The van der Waals surface area contributed by atoms with E-state index in [9.17, 15) is 4.79 Å². The summed E-state index contributed by atoms with van der Waals surface area (Å²) in [5.74, 6) is -0.535. The third-order valence-electron chi connectivity index (χ3n) is 2.43. The van der Waals surface area contributed by atoms with Crippen LogP contribution in [0.25, 0.3) is 0 Å².